The van der Waals surface area contributed by atoms with E-state index in [9.17, 15) is 9.59 Å². The summed E-state index contributed by atoms with van der Waals surface area (Å²) in [6, 6.07) is 12.6. The third kappa shape index (κ3) is 2.37. The van der Waals surface area contributed by atoms with Crippen molar-refractivity contribution in [2.24, 2.45) is 0 Å². The highest BCUT2D eigenvalue weighted by atomic mass is 16.2. The quantitative estimate of drug-likeness (QED) is 0.578. The average molecular weight is 359 g/mol. The summed E-state index contributed by atoms with van der Waals surface area (Å²) in [6.45, 7) is 1.54. The number of rotatable bonds is 2. The Morgan fingerprint density at radius 3 is 2.70 bits per heavy atom. The van der Waals surface area contributed by atoms with Crippen molar-refractivity contribution in [2.45, 2.75) is 25.4 Å². The van der Waals surface area contributed by atoms with Crippen molar-refractivity contribution < 1.29 is 6.17 Å². The number of hydrogen-bond donors (Lipinski definition) is 2. The van der Waals surface area contributed by atoms with Gasteiger partial charge >= 0.3 is 0 Å². The Labute approximate surface area is 156 Å². The fraction of sp³-hybridized carbons (Fsp3) is 0.190. The maximum atomic E-state index is 13.3. The first-order chi connectivity index (χ1) is 13.5. The molecule has 1 aliphatic heterocycles. The Kier molecular flexibility index (Phi) is 3.17. The van der Waals surface area contributed by atoms with E-state index in [1.807, 2.05) is 30.5 Å². The lowest BCUT2D eigenvalue weighted by molar-refractivity contribution is -0.126. The van der Waals surface area contributed by atoms with Gasteiger partial charge in [-0.3, -0.25) is 14.2 Å². The van der Waals surface area contributed by atoms with Gasteiger partial charge in [-0.15, -0.1) is 0 Å². The van der Waals surface area contributed by atoms with Gasteiger partial charge in [-0.2, -0.15) is 0 Å². The molecule has 1 aliphatic rings. The zero-order chi connectivity index (χ0) is 19.5. The zero-order valence-electron chi connectivity index (χ0n) is 15.7. The molecule has 0 saturated carbocycles. The number of carbonyl (C=O) groups is 1. The molecule has 0 saturated heterocycles. The Morgan fingerprint density at radius 1 is 1.11 bits per heavy atom. The molecule has 0 fully saturated rings. The van der Waals surface area contributed by atoms with Crippen molar-refractivity contribution in [3.8, 4) is 0 Å². The number of nitrogens with one attached hydrogen (secondary N) is 2. The van der Waals surface area contributed by atoms with Crippen molar-refractivity contribution in [3.05, 3.63) is 76.5 Å². The average Bonchev–Trinajstić information content (AvgIpc) is 3.08. The second kappa shape index (κ2) is 5.81. The summed E-state index contributed by atoms with van der Waals surface area (Å²) in [7, 11) is 0. The smallest absolute Gasteiger partial charge is 0.262 e. The van der Waals surface area contributed by atoms with Crippen LogP contribution in [0.1, 0.15) is 31.7 Å². The molecule has 6 nitrogen and oxygen atoms in total. The first-order valence-corrected chi connectivity index (χ1v) is 8.84. The molecule has 134 valence electrons. The molecule has 0 bridgehead atoms. The van der Waals surface area contributed by atoms with Crippen LogP contribution in [-0.4, -0.2) is 20.4 Å². The minimum absolute atomic E-state index is 0.251. The molecule has 0 unspecified atom stereocenters. The Hall–Kier alpha value is -3.41. The number of para-hydroxylation sites is 2. The van der Waals surface area contributed by atoms with Crippen LogP contribution in [0.15, 0.2) is 59.5 Å². The lowest BCUT2D eigenvalue weighted by Gasteiger charge is -2.31. The normalized spacial score (nSPS) is 22.5. The molecule has 3 heterocycles. The van der Waals surface area contributed by atoms with Crippen LogP contribution in [0.2, 0.25) is 0 Å². The summed E-state index contributed by atoms with van der Waals surface area (Å²) < 4.78 is 9.92. The van der Waals surface area contributed by atoms with Crippen LogP contribution >= 0.6 is 0 Å². The highest BCUT2D eigenvalue weighted by molar-refractivity contribution is 5.87. The fourth-order valence-corrected chi connectivity index (χ4v) is 3.83. The molecule has 0 radical (unpaired) electrons. The SMILES string of the molecule is [2H][C@]1(C)NC(=O)[C@@H](Cc2c[nH]c3ccccc23)n2c1nc1ccccc1c2=O. The number of nitrogens with zero attached hydrogens (tertiary/aromatic N) is 2. The molecule has 4 aromatic rings. The van der Waals surface area contributed by atoms with E-state index >= 15 is 0 Å². The predicted octanol–water partition coefficient (Wildman–Crippen LogP) is 2.85. The highest BCUT2D eigenvalue weighted by Gasteiger charge is 2.34. The second-order valence-electron chi connectivity index (χ2n) is 6.82. The molecule has 2 aromatic carbocycles. The lowest BCUT2D eigenvalue weighted by atomic mass is 10.0. The molecular weight excluding hydrogens is 340 g/mol. The lowest BCUT2D eigenvalue weighted by Crippen LogP contribution is -2.47. The summed E-state index contributed by atoms with van der Waals surface area (Å²) in [6.07, 6.45) is 2.20. The van der Waals surface area contributed by atoms with Crippen LogP contribution in [0.25, 0.3) is 21.8 Å². The molecule has 0 spiro atoms. The van der Waals surface area contributed by atoms with E-state index in [-0.39, 0.29) is 17.3 Å². The van der Waals surface area contributed by atoms with Crippen LogP contribution < -0.4 is 10.9 Å². The molecule has 6 heteroatoms. The van der Waals surface area contributed by atoms with Crippen molar-refractivity contribution in [1.29, 1.82) is 0 Å². The van der Waals surface area contributed by atoms with E-state index < -0.39 is 12.1 Å². The van der Waals surface area contributed by atoms with Crippen LogP contribution in [0.5, 0.6) is 0 Å². The minimum Gasteiger partial charge on any atom is -0.361 e. The number of aromatic amines is 1. The summed E-state index contributed by atoms with van der Waals surface area (Å²) in [5, 5.41) is 4.17. The van der Waals surface area contributed by atoms with Gasteiger partial charge < -0.3 is 10.3 Å². The number of amides is 1. The van der Waals surface area contributed by atoms with Crippen molar-refractivity contribution >= 4 is 27.7 Å². The first kappa shape index (κ1) is 14.7. The topological polar surface area (TPSA) is 79.8 Å². The van der Waals surface area contributed by atoms with Crippen LogP contribution in [0.4, 0.5) is 0 Å². The zero-order valence-corrected chi connectivity index (χ0v) is 14.7. The molecule has 1 amide bonds. The number of carbonyl (C=O) groups excluding carboxylic acids is 1. The fourth-order valence-electron chi connectivity index (χ4n) is 3.83. The highest BCUT2D eigenvalue weighted by Crippen LogP contribution is 2.28. The molecule has 0 aliphatic carbocycles. The Bertz CT molecular complexity index is 1300. The van der Waals surface area contributed by atoms with Crippen LogP contribution in [0, 0.1) is 0 Å². The van der Waals surface area contributed by atoms with Crippen LogP contribution in [-0.2, 0) is 11.2 Å². The maximum absolute atomic E-state index is 13.3. The second-order valence-corrected chi connectivity index (χ2v) is 6.82. The molecular formula is C21H18N4O2. The van der Waals surface area contributed by atoms with Gasteiger partial charge in [0, 0.05) is 23.5 Å². The first-order valence-electron chi connectivity index (χ1n) is 9.34. The van der Waals surface area contributed by atoms with Gasteiger partial charge in [0.05, 0.1) is 18.3 Å². The standard InChI is InChI=1S/C21H18N4O2/c1-12-19-24-17-9-5-3-7-15(17)21(27)25(19)18(20(26)23-12)10-13-11-22-16-8-4-2-6-14(13)16/h2-9,11-12,18,22H,10H2,1H3,(H,23,26)/t12-,18-/m1/s1/i12D. The third-order valence-corrected chi connectivity index (χ3v) is 5.16. The molecule has 2 aromatic heterocycles. The van der Waals surface area contributed by atoms with Crippen molar-refractivity contribution in [3.63, 3.8) is 0 Å². The molecule has 2 atom stereocenters. The molecule has 27 heavy (non-hydrogen) atoms. The minimum atomic E-state index is -1.48. The van der Waals surface area contributed by atoms with E-state index in [2.05, 4.69) is 15.3 Å². The summed E-state index contributed by atoms with van der Waals surface area (Å²) in [5.41, 5.74) is 2.15. The maximum Gasteiger partial charge on any atom is 0.262 e. The van der Waals surface area contributed by atoms with E-state index in [0.717, 1.165) is 16.5 Å². The summed E-state index contributed by atoms with van der Waals surface area (Å²) in [5.74, 6) is -0.102. The number of hydrogen-bond acceptors (Lipinski definition) is 3. The molecule has 2 N–H and O–H groups in total. The van der Waals surface area contributed by atoms with Crippen molar-refractivity contribution in [2.75, 3.05) is 0 Å². The largest absolute Gasteiger partial charge is 0.361 e. The van der Waals surface area contributed by atoms with Gasteiger partial charge in [-0.05, 0) is 30.7 Å². The van der Waals surface area contributed by atoms with Crippen LogP contribution in [0.3, 0.4) is 0 Å². The van der Waals surface area contributed by atoms with E-state index in [4.69, 9.17) is 1.37 Å². The number of benzene rings is 2. The van der Waals surface area contributed by atoms with E-state index in [0.29, 0.717) is 17.3 Å². The summed E-state index contributed by atoms with van der Waals surface area (Å²) in [4.78, 5) is 33.9. The predicted molar refractivity (Wildman–Crippen MR) is 104 cm³/mol. The monoisotopic (exact) mass is 359 g/mol. The van der Waals surface area contributed by atoms with Gasteiger partial charge in [0.1, 0.15) is 11.9 Å². The van der Waals surface area contributed by atoms with Gasteiger partial charge in [-0.25, -0.2) is 4.98 Å². The van der Waals surface area contributed by atoms with E-state index in [1.165, 1.54) is 4.57 Å². The van der Waals surface area contributed by atoms with E-state index in [1.54, 1.807) is 31.2 Å². The number of aromatic nitrogens is 3. The van der Waals surface area contributed by atoms with Gasteiger partial charge in [-0.1, -0.05) is 30.3 Å². The number of H-pyrrole nitrogens is 1. The van der Waals surface area contributed by atoms with Gasteiger partial charge in [0.15, 0.2) is 0 Å². The Morgan fingerprint density at radius 2 is 1.85 bits per heavy atom. The molecule has 5 rings (SSSR count). The van der Waals surface area contributed by atoms with Gasteiger partial charge in [0.25, 0.3) is 5.56 Å². The third-order valence-electron chi connectivity index (χ3n) is 5.16. The Balaban J connectivity index is 1.73. The number of fused-ring (bicyclic) bond motifs is 3. The summed E-state index contributed by atoms with van der Waals surface area (Å²) >= 11 is 0. The van der Waals surface area contributed by atoms with Crippen molar-refractivity contribution in [1.82, 2.24) is 19.9 Å². The van der Waals surface area contributed by atoms with Gasteiger partial charge in [0.2, 0.25) is 5.91 Å².